The van der Waals surface area contributed by atoms with Crippen LogP contribution < -0.4 is 10.9 Å². The standard InChI is InChI=1S/C20H20F2N4O2S/c1-13(19(27)25-23-11-15-3-7-17(21)8-4-15)29-14(2)20(28)26-24-12-16-5-9-18(22)10-6-16/h3-14H,1-2H3,(H,25,27)(H,26,28)/b23-11-,24-12+. The van der Waals surface area contributed by atoms with Crippen LogP contribution in [-0.2, 0) is 9.59 Å². The second-order valence-electron chi connectivity index (χ2n) is 5.99. The first-order chi connectivity index (χ1) is 13.8. The monoisotopic (exact) mass is 418 g/mol. The summed E-state index contributed by atoms with van der Waals surface area (Å²) in [6.07, 6.45) is 2.80. The lowest BCUT2D eigenvalue weighted by molar-refractivity contribution is -0.120. The summed E-state index contributed by atoms with van der Waals surface area (Å²) in [7, 11) is 0. The van der Waals surface area contributed by atoms with Crippen molar-refractivity contribution in [3.63, 3.8) is 0 Å². The average Bonchev–Trinajstić information content (AvgIpc) is 2.70. The van der Waals surface area contributed by atoms with Crippen molar-refractivity contribution in [2.45, 2.75) is 24.3 Å². The van der Waals surface area contributed by atoms with Crippen LogP contribution in [0, 0.1) is 11.6 Å². The molecule has 6 nitrogen and oxygen atoms in total. The highest BCUT2D eigenvalue weighted by molar-refractivity contribution is 8.01. The molecule has 9 heteroatoms. The van der Waals surface area contributed by atoms with E-state index in [2.05, 4.69) is 21.1 Å². The quantitative estimate of drug-likeness (QED) is 0.511. The van der Waals surface area contributed by atoms with E-state index in [-0.39, 0.29) is 23.4 Å². The van der Waals surface area contributed by atoms with Crippen molar-refractivity contribution in [2.24, 2.45) is 10.2 Å². The molecule has 0 heterocycles. The predicted molar refractivity (Wildman–Crippen MR) is 111 cm³/mol. The number of nitrogens with zero attached hydrogens (tertiary/aromatic N) is 2. The SMILES string of the molecule is CC(SC(C)C(=O)N/N=C/c1ccc(F)cc1)C(=O)N/N=C\c1ccc(F)cc1. The van der Waals surface area contributed by atoms with E-state index in [1.54, 1.807) is 13.8 Å². The molecule has 29 heavy (non-hydrogen) atoms. The number of rotatable bonds is 8. The Bertz CT molecular complexity index is 813. The molecule has 2 aromatic carbocycles. The summed E-state index contributed by atoms with van der Waals surface area (Å²) in [5.41, 5.74) is 6.04. The predicted octanol–water partition coefficient (Wildman–Crippen LogP) is 3.08. The van der Waals surface area contributed by atoms with Crippen molar-refractivity contribution in [3.8, 4) is 0 Å². The molecule has 0 saturated carbocycles. The fourth-order valence-corrected chi connectivity index (χ4v) is 3.02. The van der Waals surface area contributed by atoms with Crippen LogP contribution in [0.4, 0.5) is 8.78 Å². The second kappa shape index (κ2) is 11.1. The Labute approximate surface area is 171 Å². The maximum absolute atomic E-state index is 12.8. The molecule has 2 rings (SSSR count). The van der Waals surface area contributed by atoms with Gasteiger partial charge in [-0.2, -0.15) is 10.2 Å². The Morgan fingerprint density at radius 2 is 1.14 bits per heavy atom. The number of hydrazone groups is 2. The summed E-state index contributed by atoms with van der Waals surface area (Å²) >= 11 is 1.14. The molecular weight excluding hydrogens is 398 g/mol. The highest BCUT2D eigenvalue weighted by atomic mass is 32.2. The molecule has 0 saturated heterocycles. The summed E-state index contributed by atoms with van der Waals surface area (Å²) in [4.78, 5) is 24.1. The average molecular weight is 418 g/mol. The van der Waals surface area contributed by atoms with E-state index in [4.69, 9.17) is 0 Å². The Balaban J connectivity index is 1.76. The van der Waals surface area contributed by atoms with Crippen molar-refractivity contribution in [1.82, 2.24) is 10.9 Å². The third-order valence-corrected chi connectivity index (χ3v) is 4.91. The molecule has 2 amide bonds. The number of thioether (sulfide) groups is 1. The smallest absolute Gasteiger partial charge is 0.252 e. The number of nitrogens with one attached hydrogen (secondary N) is 2. The Kier molecular flexibility index (Phi) is 8.47. The van der Waals surface area contributed by atoms with Gasteiger partial charge in [-0.05, 0) is 49.2 Å². The van der Waals surface area contributed by atoms with Crippen LogP contribution in [0.1, 0.15) is 25.0 Å². The van der Waals surface area contributed by atoms with Crippen LogP contribution in [0.15, 0.2) is 58.7 Å². The molecule has 0 bridgehead atoms. The third kappa shape index (κ3) is 7.82. The molecule has 0 spiro atoms. The molecular formula is C20H20F2N4O2S. The molecule has 152 valence electrons. The first-order valence-electron chi connectivity index (χ1n) is 8.67. The van der Waals surface area contributed by atoms with E-state index in [0.29, 0.717) is 11.1 Å². The first-order valence-corrected chi connectivity index (χ1v) is 9.62. The van der Waals surface area contributed by atoms with Gasteiger partial charge < -0.3 is 0 Å². The number of carbonyl (C=O) groups excluding carboxylic acids is 2. The highest BCUT2D eigenvalue weighted by Crippen LogP contribution is 2.17. The van der Waals surface area contributed by atoms with Crippen LogP contribution in [0.3, 0.4) is 0 Å². The van der Waals surface area contributed by atoms with E-state index in [9.17, 15) is 18.4 Å². The van der Waals surface area contributed by atoms with Crippen LogP contribution in [0.5, 0.6) is 0 Å². The zero-order valence-electron chi connectivity index (χ0n) is 15.8. The molecule has 2 atom stereocenters. The molecule has 0 radical (unpaired) electrons. The zero-order chi connectivity index (χ0) is 21.2. The third-order valence-electron chi connectivity index (χ3n) is 3.66. The number of hydrogen-bond donors (Lipinski definition) is 2. The van der Waals surface area contributed by atoms with Gasteiger partial charge in [0.15, 0.2) is 0 Å². The lowest BCUT2D eigenvalue weighted by Crippen LogP contribution is -2.33. The van der Waals surface area contributed by atoms with Crippen molar-refractivity contribution >= 4 is 36.0 Å². The second-order valence-corrected chi connectivity index (χ2v) is 7.68. The number of carbonyl (C=O) groups is 2. The van der Waals surface area contributed by atoms with E-state index < -0.39 is 10.5 Å². The Morgan fingerprint density at radius 1 is 0.793 bits per heavy atom. The summed E-state index contributed by atoms with van der Waals surface area (Å²) in [5, 5.41) is 6.57. The number of benzene rings is 2. The minimum absolute atomic E-state index is 0.356. The van der Waals surface area contributed by atoms with Gasteiger partial charge in [-0.25, -0.2) is 19.6 Å². The van der Waals surface area contributed by atoms with Gasteiger partial charge >= 0.3 is 0 Å². The molecule has 2 aromatic rings. The summed E-state index contributed by atoms with van der Waals surface area (Å²) in [6, 6.07) is 11.3. The van der Waals surface area contributed by atoms with E-state index >= 15 is 0 Å². The molecule has 0 fully saturated rings. The van der Waals surface area contributed by atoms with Crippen molar-refractivity contribution < 1.29 is 18.4 Å². The van der Waals surface area contributed by atoms with Crippen LogP contribution >= 0.6 is 11.8 Å². The Hall–Kier alpha value is -3.07. The molecule has 0 aliphatic heterocycles. The van der Waals surface area contributed by atoms with Gasteiger partial charge in [0.05, 0.1) is 22.9 Å². The van der Waals surface area contributed by atoms with Gasteiger partial charge in [-0.1, -0.05) is 24.3 Å². The summed E-state index contributed by atoms with van der Waals surface area (Å²) in [5.74, 6) is -1.46. The minimum atomic E-state index is -0.540. The van der Waals surface area contributed by atoms with Crippen molar-refractivity contribution in [2.75, 3.05) is 0 Å². The van der Waals surface area contributed by atoms with E-state index in [1.165, 1.54) is 61.0 Å². The molecule has 2 unspecified atom stereocenters. The number of hydrogen-bond acceptors (Lipinski definition) is 5. The maximum Gasteiger partial charge on any atom is 0.252 e. The normalized spacial score (nSPS) is 13.4. The fraction of sp³-hybridized carbons (Fsp3) is 0.200. The Morgan fingerprint density at radius 3 is 1.48 bits per heavy atom. The van der Waals surface area contributed by atoms with Gasteiger partial charge in [-0.3, -0.25) is 9.59 Å². The summed E-state index contributed by atoms with van der Waals surface area (Å²) in [6.45, 7) is 3.30. The van der Waals surface area contributed by atoms with E-state index in [1.807, 2.05) is 0 Å². The molecule has 0 aliphatic rings. The highest BCUT2D eigenvalue weighted by Gasteiger charge is 2.21. The van der Waals surface area contributed by atoms with Gasteiger partial charge in [0, 0.05) is 0 Å². The van der Waals surface area contributed by atoms with Crippen molar-refractivity contribution in [1.29, 1.82) is 0 Å². The molecule has 2 N–H and O–H groups in total. The van der Waals surface area contributed by atoms with Crippen LogP contribution in [0.25, 0.3) is 0 Å². The number of amides is 2. The van der Waals surface area contributed by atoms with Gasteiger partial charge in [-0.15, -0.1) is 11.8 Å². The first kappa shape index (κ1) is 22.2. The molecule has 0 aliphatic carbocycles. The topological polar surface area (TPSA) is 82.9 Å². The van der Waals surface area contributed by atoms with Gasteiger partial charge in [0.1, 0.15) is 11.6 Å². The summed E-state index contributed by atoms with van der Waals surface area (Å²) < 4.78 is 25.7. The molecule has 0 aromatic heterocycles. The maximum atomic E-state index is 12.8. The van der Waals surface area contributed by atoms with Gasteiger partial charge in [0.2, 0.25) is 0 Å². The largest absolute Gasteiger partial charge is 0.272 e. The van der Waals surface area contributed by atoms with Crippen LogP contribution in [-0.4, -0.2) is 34.7 Å². The zero-order valence-corrected chi connectivity index (χ0v) is 16.6. The minimum Gasteiger partial charge on any atom is -0.272 e. The lowest BCUT2D eigenvalue weighted by atomic mass is 10.2. The van der Waals surface area contributed by atoms with Crippen molar-refractivity contribution in [3.05, 3.63) is 71.3 Å². The number of halogens is 2. The lowest BCUT2D eigenvalue weighted by Gasteiger charge is -2.14. The van der Waals surface area contributed by atoms with Gasteiger partial charge in [0.25, 0.3) is 11.8 Å². The fourth-order valence-electron chi connectivity index (χ4n) is 2.05. The van der Waals surface area contributed by atoms with E-state index in [0.717, 1.165) is 11.8 Å². The van der Waals surface area contributed by atoms with Crippen LogP contribution in [0.2, 0.25) is 0 Å².